The van der Waals surface area contributed by atoms with Crippen molar-refractivity contribution in [3.05, 3.63) is 23.9 Å². The van der Waals surface area contributed by atoms with Gasteiger partial charge in [-0.25, -0.2) is 4.99 Å². The maximum Gasteiger partial charge on any atom is 0.238 e. The Labute approximate surface area is 175 Å². The minimum Gasteiger partial charge on any atom is -0.381 e. The van der Waals surface area contributed by atoms with E-state index < -0.39 is 0 Å². The quantitative estimate of drug-likeness (QED) is 0.759. The van der Waals surface area contributed by atoms with Gasteiger partial charge in [0.25, 0.3) is 0 Å². The predicted molar refractivity (Wildman–Crippen MR) is 115 cm³/mol. The standard InChI is InChI=1S/C21H28N4O3S/c1-14(26)25-8-4-15(5-9-25)22-16-2-3-18-19(12-16)23-20(24-21(18)27)13-29-17-6-10-28-11-7-17/h2-3,12,15,17-18H,4-11,13H2,1H3,(H,23,24,27). The van der Waals surface area contributed by atoms with Gasteiger partial charge in [0.15, 0.2) is 0 Å². The number of hydrogen-bond donors (Lipinski definition) is 1. The van der Waals surface area contributed by atoms with Gasteiger partial charge in [-0.15, -0.1) is 0 Å². The smallest absolute Gasteiger partial charge is 0.238 e. The maximum atomic E-state index is 12.5. The second kappa shape index (κ2) is 9.26. The molecule has 2 saturated heterocycles. The summed E-state index contributed by atoms with van der Waals surface area (Å²) in [6, 6.07) is 0.212. The van der Waals surface area contributed by atoms with Gasteiger partial charge < -0.3 is 15.0 Å². The molecule has 0 aromatic rings. The Kier molecular flexibility index (Phi) is 6.50. The van der Waals surface area contributed by atoms with Gasteiger partial charge in [-0.05, 0) is 37.8 Å². The number of likely N-dealkylation sites (tertiary alicyclic amines) is 1. The predicted octanol–water partition coefficient (Wildman–Crippen LogP) is 1.95. The summed E-state index contributed by atoms with van der Waals surface area (Å²) in [6.07, 6.45) is 9.61. The van der Waals surface area contributed by atoms with Gasteiger partial charge in [0.2, 0.25) is 11.8 Å². The number of piperidine rings is 1. The lowest BCUT2D eigenvalue weighted by molar-refractivity contribution is -0.129. The number of nitrogens with zero attached hydrogens (tertiary/aromatic N) is 3. The van der Waals surface area contributed by atoms with Crippen LogP contribution in [0.1, 0.15) is 32.6 Å². The molecule has 0 spiro atoms. The second-order valence-corrected chi connectivity index (χ2v) is 9.16. The molecule has 2 amide bonds. The Morgan fingerprint density at radius 1 is 1.31 bits per heavy atom. The summed E-state index contributed by atoms with van der Waals surface area (Å²) in [5.41, 5.74) is 1.64. The van der Waals surface area contributed by atoms with E-state index in [9.17, 15) is 9.59 Å². The SMILES string of the molecule is CC(=O)N1CCC(N=C2C=CC3C(=O)NC(CSC4CCOCC4)=NC3=C2)CC1. The van der Waals surface area contributed by atoms with E-state index in [0.29, 0.717) is 11.0 Å². The Morgan fingerprint density at radius 2 is 2.07 bits per heavy atom. The van der Waals surface area contributed by atoms with E-state index in [4.69, 9.17) is 14.7 Å². The molecule has 0 bridgehead atoms. The van der Waals surface area contributed by atoms with Crippen molar-refractivity contribution in [1.29, 1.82) is 0 Å². The fraction of sp³-hybridized carbons (Fsp3) is 0.619. The van der Waals surface area contributed by atoms with Crippen molar-refractivity contribution in [3.8, 4) is 0 Å². The van der Waals surface area contributed by atoms with Gasteiger partial charge in [0.05, 0.1) is 29.1 Å². The van der Waals surface area contributed by atoms with E-state index in [2.05, 4.69) is 5.32 Å². The number of hydrogen-bond acceptors (Lipinski definition) is 6. The first kappa shape index (κ1) is 20.3. The number of aliphatic imine (C=N–C) groups is 2. The molecule has 3 heterocycles. The first-order valence-corrected chi connectivity index (χ1v) is 11.4. The maximum absolute atomic E-state index is 12.5. The average Bonchev–Trinajstić information content (AvgIpc) is 2.73. The van der Waals surface area contributed by atoms with Gasteiger partial charge in [-0.1, -0.05) is 6.08 Å². The highest BCUT2D eigenvalue weighted by atomic mass is 32.2. The summed E-state index contributed by atoms with van der Waals surface area (Å²) >= 11 is 1.84. The van der Waals surface area contributed by atoms with Gasteiger partial charge in [-0.2, -0.15) is 11.8 Å². The first-order valence-electron chi connectivity index (χ1n) is 10.4. The van der Waals surface area contributed by atoms with Gasteiger partial charge in [-0.3, -0.25) is 14.6 Å². The van der Waals surface area contributed by atoms with Gasteiger partial charge >= 0.3 is 0 Å². The van der Waals surface area contributed by atoms with E-state index in [1.807, 2.05) is 34.9 Å². The number of nitrogens with one attached hydrogen (secondary N) is 1. The molecule has 0 saturated carbocycles. The lowest BCUT2D eigenvalue weighted by Crippen LogP contribution is -2.42. The molecule has 1 unspecified atom stereocenters. The van der Waals surface area contributed by atoms with Crippen LogP contribution in [-0.4, -0.2) is 71.6 Å². The van der Waals surface area contributed by atoms with Crippen molar-refractivity contribution in [1.82, 2.24) is 10.2 Å². The lowest BCUT2D eigenvalue weighted by Gasteiger charge is -2.30. The topological polar surface area (TPSA) is 83.4 Å². The van der Waals surface area contributed by atoms with Crippen LogP contribution in [0.5, 0.6) is 0 Å². The summed E-state index contributed by atoms with van der Waals surface area (Å²) in [7, 11) is 0. The van der Waals surface area contributed by atoms with Crippen molar-refractivity contribution in [2.24, 2.45) is 15.9 Å². The minimum atomic E-state index is -0.328. The number of amidine groups is 1. The Hall–Kier alpha value is -1.93. The molecule has 4 rings (SSSR count). The third-order valence-electron chi connectivity index (χ3n) is 5.75. The summed E-state index contributed by atoms with van der Waals surface area (Å²) in [5, 5.41) is 3.53. The number of allylic oxidation sites excluding steroid dienone is 2. The van der Waals surface area contributed by atoms with E-state index in [1.54, 1.807) is 6.92 Å². The average molecular weight is 417 g/mol. The second-order valence-electron chi connectivity index (χ2n) is 7.87. The zero-order valence-electron chi connectivity index (χ0n) is 16.8. The highest BCUT2D eigenvalue weighted by Gasteiger charge is 2.29. The molecule has 0 aromatic heterocycles. The molecule has 1 N–H and O–H groups in total. The Balaban J connectivity index is 1.40. The Morgan fingerprint density at radius 3 is 2.79 bits per heavy atom. The molecule has 1 atom stereocenters. The molecule has 0 radical (unpaired) electrons. The van der Waals surface area contributed by atoms with Crippen molar-refractivity contribution >= 4 is 35.1 Å². The van der Waals surface area contributed by atoms with Crippen LogP contribution in [0.4, 0.5) is 0 Å². The highest BCUT2D eigenvalue weighted by molar-refractivity contribution is 8.00. The highest BCUT2D eigenvalue weighted by Crippen LogP contribution is 2.26. The van der Waals surface area contributed by atoms with Crippen molar-refractivity contribution < 1.29 is 14.3 Å². The van der Waals surface area contributed by atoms with Crippen molar-refractivity contribution in [2.45, 2.75) is 43.9 Å². The molecule has 29 heavy (non-hydrogen) atoms. The van der Waals surface area contributed by atoms with Crippen LogP contribution >= 0.6 is 11.8 Å². The summed E-state index contributed by atoms with van der Waals surface area (Å²) < 4.78 is 5.41. The molecule has 2 fully saturated rings. The van der Waals surface area contributed by atoms with Crippen molar-refractivity contribution in [3.63, 3.8) is 0 Å². The molecule has 0 aromatic carbocycles. The van der Waals surface area contributed by atoms with E-state index >= 15 is 0 Å². The van der Waals surface area contributed by atoms with Crippen LogP contribution in [0.2, 0.25) is 0 Å². The van der Waals surface area contributed by atoms with E-state index in [1.165, 1.54) is 0 Å². The van der Waals surface area contributed by atoms with Gasteiger partial charge in [0.1, 0.15) is 5.84 Å². The van der Waals surface area contributed by atoms with Crippen LogP contribution in [0.25, 0.3) is 0 Å². The number of thioether (sulfide) groups is 1. The number of rotatable bonds is 4. The molecule has 156 valence electrons. The number of ether oxygens (including phenoxy) is 1. The van der Waals surface area contributed by atoms with Crippen LogP contribution in [0.15, 0.2) is 33.9 Å². The minimum absolute atomic E-state index is 0.0149. The number of amides is 2. The number of carbonyl (C=O) groups excluding carboxylic acids is 2. The monoisotopic (exact) mass is 416 g/mol. The summed E-state index contributed by atoms with van der Waals surface area (Å²) in [6.45, 7) is 4.77. The van der Waals surface area contributed by atoms with Crippen LogP contribution in [-0.2, 0) is 14.3 Å². The van der Waals surface area contributed by atoms with Gasteiger partial charge in [0, 0.05) is 38.5 Å². The molecule has 8 heteroatoms. The third-order valence-corrected chi connectivity index (χ3v) is 7.14. The largest absolute Gasteiger partial charge is 0.381 e. The summed E-state index contributed by atoms with van der Waals surface area (Å²) in [4.78, 5) is 35.4. The Bertz CT molecular complexity index is 775. The third kappa shape index (κ3) is 5.17. The van der Waals surface area contributed by atoms with E-state index in [-0.39, 0.29) is 23.8 Å². The molecule has 7 nitrogen and oxygen atoms in total. The lowest BCUT2D eigenvalue weighted by atomic mass is 9.95. The number of carbonyl (C=O) groups is 2. The fourth-order valence-electron chi connectivity index (χ4n) is 4.02. The molecular weight excluding hydrogens is 388 g/mol. The molecular formula is C21H28N4O3S. The first-order chi connectivity index (χ1) is 14.1. The molecule has 4 aliphatic rings. The zero-order chi connectivity index (χ0) is 20.2. The number of fused-ring (bicyclic) bond motifs is 1. The van der Waals surface area contributed by atoms with Crippen molar-refractivity contribution in [2.75, 3.05) is 32.1 Å². The molecule has 3 aliphatic heterocycles. The van der Waals surface area contributed by atoms with Crippen LogP contribution in [0.3, 0.4) is 0 Å². The summed E-state index contributed by atoms with van der Waals surface area (Å²) in [5.74, 6) is 1.23. The fourth-order valence-corrected chi connectivity index (χ4v) is 5.07. The molecule has 1 aliphatic carbocycles. The van der Waals surface area contributed by atoms with E-state index in [0.717, 1.165) is 69.2 Å². The van der Waals surface area contributed by atoms with Crippen LogP contribution in [0, 0.1) is 5.92 Å². The van der Waals surface area contributed by atoms with Crippen LogP contribution < -0.4 is 5.32 Å². The normalized spacial score (nSPS) is 27.3. The zero-order valence-corrected chi connectivity index (χ0v) is 17.6.